The van der Waals surface area contributed by atoms with Gasteiger partial charge in [0.2, 0.25) is 0 Å². The van der Waals surface area contributed by atoms with Crippen molar-refractivity contribution in [2.45, 2.75) is 6.04 Å². The van der Waals surface area contributed by atoms with Crippen molar-refractivity contribution in [3.8, 4) is 23.5 Å². The summed E-state index contributed by atoms with van der Waals surface area (Å²) in [4.78, 5) is 1.70. The van der Waals surface area contributed by atoms with E-state index in [2.05, 4.69) is 5.92 Å². The molecular formula is C48H23B10NO2. The van der Waals surface area contributed by atoms with Crippen LogP contribution in [0.15, 0.2) is 157 Å². The van der Waals surface area contributed by atoms with Gasteiger partial charge in [-0.1, -0.05) is 129 Å². The van der Waals surface area contributed by atoms with E-state index in [0.717, 1.165) is 38.3 Å². The first-order valence-corrected chi connectivity index (χ1v) is 19.3. The fourth-order valence-corrected chi connectivity index (χ4v) is 8.47. The van der Waals surface area contributed by atoms with Crippen molar-refractivity contribution in [1.82, 2.24) is 0 Å². The number of nitrogens with zero attached hydrogens (tertiary/aromatic N) is 1. The number of hydrogen-bond donors (Lipinski definition) is 0. The summed E-state index contributed by atoms with van der Waals surface area (Å²) in [6, 6.07) is 35.2. The Balaban J connectivity index is 1.21. The monoisotopic (exact) mass is 755 g/mol. The fourth-order valence-electron chi connectivity index (χ4n) is 8.47. The molecule has 0 fully saturated rings. The van der Waals surface area contributed by atoms with E-state index in [-0.39, 0.29) is 61.4 Å². The molecule has 0 bridgehead atoms. The average molecular weight is 754 g/mol. The summed E-state index contributed by atoms with van der Waals surface area (Å²) in [5.41, 5.74) is 7.58. The third-order valence-electron chi connectivity index (χ3n) is 11.5. The molecule has 0 amide bonds. The second kappa shape index (κ2) is 15.7. The molecule has 0 spiro atoms. The summed E-state index contributed by atoms with van der Waals surface area (Å²) >= 11 is 0. The zero-order valence-electron chi connectivity index (χ0n) is 32.9. The number of furan rings is 2. The summed E-state index contributed by atoms with van der Waals surface area (Å²) in [6.45, 7) is -0.181. The average Bonchev–Trinajstić information content (AvgIpc) is 3.90. The SMILES string of the molecule is [B]C1=C([B])C(N(C/C([B])=C([B])\C(=C(\[B])C#C)c2ccc3c(c2)oc2ccccc23)c2c([B])c([B])c(-c3ccc4c(c3)oc3ccccc34)c([B])c2[B])C([B])=C1c1ccccc1. The quantitative estimate of drug-likeness (QED) is 0.131. The van der Waals surface area contributed by atoms with Crippen LogP contribution in [0.25, 0.3) is 66.2 Å². The lowest BCUT2D eigenvalue weighted by Gasteiger charge is -2.40. The maximum absolute atomic E-state index is 7.04. The molecule has 0 saturated carbocycles. The van der Waals surface area contributed by atoms with E-state index in [1.54, 1.807) is 4.90 Å². The molecule has 0 aliphatic heterocycles. The molecule has 1 atom stereocenters. The van der Waals surface area contributed by atoms with Crippen LogP contribution in [0.3, 0.4) is 0 Å². The highest BCUT2D eigenvalue weighted by molar-refractivity contribution is 6.63. The molecule has 8 aromatic rings. The minimum Gasteiger partial charge on any atom is -0.456 e. The Morgan fingerprint density at radius 2 is 1.11 bits per heavy atom. The van der Waals surface area contributed by atoms with Gasteiger partial charge in [0.05, 0.1) is 6.04 Å². The third kappa shape index (κ3) is 6.63. The second-order valence-electron chi connectivity index (χ2n) is 15.0. The predicted octanol–water partition coefficient (Wildman–Crippen LogP) is 4.41. The van der Waals surface area contributed by atoms with Crippen LogP contribution >= 0.6 is 0 Å². The van der Waals surface area contributed by atoms with Crippen LogP contribution in [0, 0.1) is 12.3 Å². The van der Waals surface area contributed by atoms with Gasteiger partial charge in [0.25, 0.3) is 0 Å². The number of terminal acetylenes is 1. The van der Waals surface area contributed by atoms with Crippen LogP contribution in [-0.2, 0) is 0 Å². The zero-order valence-corrected chi connectivity index (χ0v) is 32.9. The molecule has 2 aromatic heterocycles. The number of fused-ring (bicyclic) bond motifs is 6. The topological polar surface area (TPSA) is 29.5 Å². The van der Waals surface area contributed by atoms with Crippen molar-refractivity contribution >= 4 is 161 Å². The van der Waals surface area contributed by atoms with Crippen molar-refractivity contribution < 1.29 is 8.83 Å². The predicted molar refractivity (Wildman–Crippen MR) is 263 cm³/mol. The second-order valence-corrected chi connectivity index (χ2v) is 15.0. The van der Waals surface area contributed by atoms with Crippen LogP contribution in [-0.4, -0.2) is 91.0 Å². The summed E-state index contributed by atoms with van der Waals surface area (Å²) in [5.74, 6) is 2.52. The normalized spacial score (nSPS) is 15.2. The lowest BCUT2D eigenvalue weighted by Crippen LogP contribution is -2.52. The molecule has 6 aromatic carbocycles. The van der Waals surface area contributed by atoms with Gasteiger partial charge in [-0.25, -0.2) is 0 Å². The minimum absolute atomic E-state index is 0.0380. The molecule has 0 N–H and O–H groups in total. The van der Waals surface area contributed by atoms with Gasteiger partial charge >= 0.3 is 0 Å². The van der Waals surface area contributed by atoms with Crippen molar-refractivity contribution in [2.75, 3.05) is 11.4 Å². The Labute approximate surface area is 368 Å². The number of anilines is 1. The van der Waals surface area contributed by atoms with E-state index in [1.165, 1.54) is 0 Å². The molecule has 13 heteroatoms. The Kier molecular flexibility index (Phi) is 10.4. The van der Waals surface area contributed by atoms with Gasteiger partial charge in [-0.2, -0.15) is 0 Å². The number of rotatable bonds is 8. The lowest BCUT2D eigenvalue weighted by atomic mass is 9.63. The number of para-hydroxylation sites is 2. The van der Waals surface area contributed by atoms with Gasteiger partial charge in [0.1, 0.15) is 101 Å². The third-order valence-corrected chi connectivity index (χ3v) is 11.5. The van der Waals surface area contributed by atoms with Crippen LogP contribution in [0.4, 0.5) is 5.69 Å². The number of allylic oxidation sites excluding steroid dienone is 5. The maximum atomic E-state index is 7.04. The Morgan fingerprint density at radius 1 is 0.574 bits per heavy atom. The molecule has 20 radical (unpaired) electrons. The molecule has 3 nitrogen and oxygen atoms in total. The summed E-state index contributed by atoms with van der Waals surface area (Å²) in [5, 5.41) is 3.75. The minimum atomic E-state index is -0.952. The van der Waals surface area contributed by atoms with Gasteiger partial charge in [0.15, 0.2) is 0 Å². The van der Waals surface area contributed by atoms with Crippen molar-refractivity contribution in [3.05, 3.63) is 159 Å². The van der Waals surface area contributed by atoms with Crippen molar-refractivity contribution in [1.29, 1.82) is 0 Å². The Bertz CT molecular complexity index is 3280. The van der Waals surface area contributed by atoms with E-state index in [0.29, 0.717) is 44.5 Å². The van der Waals surface area contributed by atoms with Gasteiger partial charge in [-0.3, -0.25) is 0 Å². The zero-order chi connectivity index (χ0) is 42.9. The molecule has 1 aliphatic rings. The first-order chi connectivity index (χ1) is 29.4. The van der Waals surface area contributed by atoms with Gasteiger partial charge in [-0.15, -0.1) is 11.9 Å². The molecule has 9 rings (SSSR count). The molecule has 0 saturated heterocycles. The van der Waals surface area contributed by atoms with E-state index < -0.39 is 6.04 Å². The summed E-state index contributed by atoms with van der Waals surface area (Å²) < 4.78 is 12.4. The van der Waals surface area contributed by atoms with E-state index in [4.69, 9.17) is 93.7 Å². The number of benzene rings is 6. The Morgan fingerprint density at radius 3 is 1.72 bits per heavy atom. The van der Waals surface area contributed by atoms with E-state index in [9.17, 15) is 0 Å². The maximum Gasteiger partial charge on any atom is 0.136 e. The van der Waals surface area contributed by atoms with Crippen LogP contribution in [0.1, 0.15) is 11.1 Å². The first-order valence-electron chi connectivity index (χ1n) is 19.3. The molecule has 2 heterocycles. The highest BCUT2D eigenvalue weighted by Gasteiger charge is 2.33. The molecule has 61 heavy (non-hydrogen) atoms. The van der Waals surface area contributed by atoms with Crippen LogP contribution in [0.5, 0.6) is 0 Å². The van der Waals surface area contributed by atoms with Gasteiger partial charge in [-0.05, 0) is 75.3 Å². The van der Waals surface area contributed by atoms with Crippen molar-refractivity contribution in [3.63, 3.8) is 0 Å². The summed E-state index contributed by atoms with van der Waals surface area (Å²) in [6.07, 6.45) is 5.91. The lowest BCUT2D eigenvalue weighted by molar-refractivity contribution is 0.668. The van der Waals surface area contributed by atoms with Crippen molar-refractivity contribution in [2.24, 2.45) is 0 Å². The smallest absolute Gasteiger partial charge is 0.136 e. The fraction of sp³-hybridized carbons (Fsp3) is 0.0417. The largest absolute Gasteiger partial charge is 0.456 e. The first kappa shape index (κ1) is 40.3. The van der Waals surface area contributed by atoms with Crippen LogP contribution < -0.4 is 26.8 Å². The Hall–Kier alpha value is -6.11. The molecule has 262 valence electrons. The van der Waals surface area contributed by atoms with Gasteiger partial charge < -0.3 is 13.7 Å². The molecular weight excluding hydrogens is 731 g/mol. The van der Waals surface area contributed by atoms with Gasteiger partial charge in [0, 0.05) is 33.8 Å². The summed E-state index contributed by atoms with van der Waals surface area (Å²) in [7, 11) is 69.2. The van der Waals surface area contributed by atoms with Crippen LogP contribution in [0.2, 0.25) is 0 Å². The standard InChI is InChI=1S/C48H23B10NO2/c1-2-30(49)36(24-16-18-28-26-12-6-8-14-32(26)60-34(28)20-24)39(51)31(50)22-59(47-43(55)37(40(52)44(47)56)23-10-4-3-5-11-23)48-45(57)41(53)38(42(54)46(48)58)25-17-19-29-27-13-7-9-15-33(27)61-35(29)21-25/h1,3-21,47H,22H2/b36-30+,39-31-. The molecule has 1 unspecified atom stereocenters. The molecule has 1 aliphatic carbocycles. The van der Waals surface area contributed by atoms with E-state index in [1.807, 2.05) is 115 Å². The number of hydrogen-bond acceptors (Lipinski definition) is 3. The highest BCUT2D eigenvalue weighted by Crippen LogP contribution is 2.40. The highest BCUT2D eigenvalue weighted by atomic mass is 16.3. The van der Waals surface area contributed by atoms with E-state index >= 15 is 0 Å².